The van der Waals surface area contributed by atoms with Crippen LogP contribution in [0.15, 0.2) is 47.0 Å². The molecule has 3 heterocycles. The van der Waals surface area contributed by atoms with Crippen LogP contribution in [0.2, 0.25) is 0 Å². The Labute approximate surface area is 191 Å². The highest BCUT2D eigenvalue weighted by Gasteiger charge is 2.24. The minimum absolute atomic E-state index is 0.0245. The summed E-state index contributed by atoms with van der Waals surface area (Å²) in [5, 5.41) is 5.53. The van der Waals surface area contributed by atoms with Crippen molar-refractivity contribution in [2.45, 2.75) is 58.0 Å². The quantitative estimate of drug-likeness (QED) is 0.559. The maximum absolute atomic E-state index is 13.1. The lowest BCUT2D eigenvalue weighted by atomic mass is 9.83. The molecule has 168 valence electrons. The van der Waals surface area contributed by atoms with Gasteiger partial charge in [-0.05, 0) is 61.3 Å². The van der Waals surface area contributed by atoms with Gasteiger partial charge in [0.15, 0.2) is 0 Å². The largest absolute Gasteiger partial charge is 0.378 e. The standard InChI is InChI=1S/C24H29N5O2S/c1-15(2)12-29-13-18(19-11-27-32-14-19)9-22(24(29)31)28-20-6-3-16(4-7-20)21-8-5-17(10-26-21)23(25)30/h5,8-11,13-16,20,28H,3-4,6-7,12H2,1-2H3,(H2,25,30)/t16-,20+. The molecule has 7 nitrogen and oxygen atoms in total. The lowest BCUT2D eigenvalue weighted by Gasteiger charge is -2.29. The lowest BCUT2D eigenvalue weighted by Crippen LogP contribution is -2.31. The first-order chi connectivity index (χ1) is 15.4. The van der Waals surface area contributed by atoms with E-state index in [9.17, 15) is 9.59 Å². The minimum Gasteiger partial charge on any atom is -0.378 e. The van der Waals surface area contributed by atoms with E-state index in [2.05, 4.69) is 28.5 Å². The zero-order chi connectivity index (χ0) is 22.7. The number of nitrogens with one attached hydrogen (secondary N) is 1. The predicted octanol–water partition coefficient (Wildman–Crippen LogP) is 4.26. The summed E-state index contributed by atoms with van der Waals surface area (Å²) in [5.74, 6) is 0.275. The number of carbonyl (C=O) groups is 1. The van der Waals surface area contributed by atoms with Crippen molar-refractivity contribution in [3.63, 3.8) is 0 Å². The van der Waals surface area contributed by atoms with Crippen molar-refractivity contribution >= 4 is 23.1 Å². The van der Waals surface area contributed by atoms with Crippen LogP contribution in [0, 0.1) is 5.92 Å². The molecule has 0 spiro atoms. The van der Waals surface area contributed by atoms with E-state index >= 15 is 0 Å². The van der Waals surface area contributed by atoms with Gasteiger partial charge in [0.1, 0.15) is 5.69 Å². The molecule has 0 aromatic carbocycles. The molecule has 32 heavy (non-hydrogen) atoms. The first-order valence-electron chi connectivity index (χ1n) is 11.1. The van der Waals surface area contributed by atoms with Crippen LogP contribution in [0.1, 0.15) is 61.5 Å². The number of rotatable bonds is 7. The van der Waals surface area contributed by atoms with E-state index in [-0.39, 0.29) is 11.6 Å². The van der Waals surface area contributed by atoms with E-state index in [4.69, 9.17) is 5.73 Å². The van der Waals surface area contributed by atoms with Crippen molar-refractivity contribution in [2.24, 2.45) is 11.7 Å². The number of hydrogen-bond donors (Lipinski definition) is 2. The van der Waals surface area contributed by atoms with Gasteiger partial charge in [0, 0.05) is 59.3 Å². The SMILES string of the molecule is CC(C)Cn1cc(-c2cnsc2)cc(N[C@H]2CC[C@@H](c3ccc(C(N)=O)cn3)CC2)c1=O. The zero-order valence-electron chi connectivity index (χ0n) is 18.5. The molecule has 1 amide bonds. The van der Waals surface area contributed by atoms with Gasteiger partial charge in [-0.25, -0.2) is 4.37 Å². The second-order valence-corrected chi connectivity index (χ2v) is 9.59. The summed E-state index contributed by atoms with van der Waals surface area (Å²) in [6.45, 7) is 4.91. The van der Waals surface area contributed by atoms with Crippen molar-refractivity contribution in [3.05, 3.63) is 63.8 Å². The fourth-order valence-electron chi connectivity index (χ4n) is 4.32. The van der Waals surface area contributed by atoms with Crippen molar-refractivity contribution in [3.8, 4) is 11.1 Å². The number of pyridine rings is 2. The van der Waals surface area contributed by atoms with Gasteiger partial charge in [-0.1, -0.05) is 13.8 Å². The third kappa shape index (κ3) is 5.07. The molecule has 3 N–H and O–H groups in total. The first kappa shape index (κ1) is 22.2. The Kier molecular flexibility index (Phi) is 6.69. The maximum atomic E-state index is 13.1. The minimum atomic E-state index is -0.458. The fraction of sp³-hybridized carbons (Fsp3) is 0.417. The average Bonchev–Trinajstić information content (AvgIpc) is 3.32. The number of carbonyl (C=O) groups excluding carboxylic acids is 1. The predicted molar refractivity (Wildman–Crippen MR) is 128 cm³/mol. The van der Waals surface area contributed by atoms with Crippen LogP contribution in [0.5, 0.6) is 0 Å². The summed E-state index contributed by atoms with van der Waals surface area (Å²) in [4.78, 5) is 28.8. The Bertz CT molecular complexity index is 1110. The molecule has 0 aliphatic heterocycles. The van der Waals surface area contributed by atoms with Gasteiger partial charge in [-0.15, -0.1) is 0 Å². The second-order valence-electron chi connectivity index (χ2n) is 8.94. The normalized spacial score (nSPS) is 18.6. The number of aromatic nitrogens is 3. The molecule has 0 radical (unpaired) electrons. The molecule has 0 atom stereocenters. The van der Waals surface area contributed by atoms with E-state index in [0.717, 1.165) is 42.5 Å². The fourth-order valence-corrected chi connectivity index (χ4v) is 4.87. The molecule has 0 unspecified atom stereocenters. The Morgan fingerprint density at radius 1 is 1.22 bits per heavy atom. The van der Waals surface area contributed by atoms with Crippen LogP contribution in [-0.4, -0.2) is 25.9 Å². The van der Waals surface area contributed by atoms with Crippen LogP contribution in [0.25, 0.3) is 11.1 Å². The molecule has 1 aliphatic rings. The van der Waals surface area contributed by atoms with E-state index in [0.29, 0.717) is 29.6 Å². The Hall–Kier alpha value is -3.00. The molecule has 1 saturated carbocycles. The highest BCUT2D eigenvalue weighted by atomic mass is 32.1. The van der Waals surface area contributed by atoms with Crippen LogP contribution in [0.4, 0.5) is 5.69 Å². The van der Waals surface area contributed by atoms with Gasteiger partial charge >= 0.3 is 0 Å². The summed E-state index contributed by atoms with van der Waals surface area (Å²) < 4.78 is 6.03. The number of anilines is 1. The van der Waals surface area contributed by atoms with Crippen molar-refractivity contribution in [2.75, 3.05) is 5.32 Å². The van der Waals surface area contributed by atoms with Crippen molar-refractivity contribution in [1.29, 1.82) is 0 Å². The molecule has 3 aromatic heterocycles. The number of amides is 1. The second kappa shape index (κ2) is 9.65. The van der Waals surface area contributed by atoms with Gasteiger partial charge in [-0.3, -0.25) is 14.6 Å². The molecule has 1 aliphatic carbocycles. The van der Waals surface area contributed by atoms with Crippen LogP contribution in [0.3, 0.4) is 0 Å². The number of hydrogen-bond acceptors (Lipinski definition) is 6. The van der Waals surface area contributed by atoms with E-state index in [1.165, 1.54) is 11.5 Å². The lowest BCUT2D eigenvalue weighted by molar-refractivity contribution is 0.1000. The Morgan fingerprint density at radius 2 is 2.00 bits per heavy atom. The Balaban J connectivity index is 1.48. The maximum Gasteiger partial charge on any atom is 0.273 e. The van der Waals surface area contributed by atoms with Gasteiger partial charge in [0.25, 0.3) is 5.56 Å². The van der Waals surface area contributed by atoms with Crippen molar-refractivity contribution in [1.82, 2.24) is 13.9 Å². The smallest absolute Gasteiger partial charge is 0.273 e. The summed E-state index contributed by atoms with van der Waals surface area (Å²) in [6.07, 6.45) is 9.22. The molecule has 0 saturated heterocycles. The molecule has 8 heteroatoms. The third-order valence-electron chi connectivity index (χ3n) is 5.99. The molecular weight excluding hydrogens is 422 g/mol. The van der Waals surface area contributed by atoms with Crippen LogP contribution >= 0.6 is 11.5 Å². The molecule has 0 bridgehead atoms. The average molecular weight is 452 g/mol. The summed E-state index contributed by atoms with van der Waals surface area (Å²) in [5.41, 5.74) is 9.46. The zero-order valence-corrected chi connectivity index (χ0v) is 19.3. The van der Waals surface area contributed by atoms with E-state index in [1.54, 1.807) is 12.3 Å². The topological polar surface area (TPSA) is 103 Å². The monoisotopic (exact) mass is 451 g/mol. The molecule has 4 rings (SSSR count). The van der Waals surface area contributed by atoms with Gasteiger partial charge in [0.05, 0.1) is 5.56 Å². The number of primary amides is 1. The van der Waals surface area contributed by atoms with Crippen LogP contribution in [-0.2, 0) is 6.54 Å². The highest BCUT2D eigenvalue weighted by Crippen LogP contribution is 2.33. The van der Waals surface area contributed by atoms with Gasteiger partial charge in [0.2, 0.25) is 5.91 Å². The molecule has 1 fully saturated rings. The summed E-state index contributed by atoms with van der Waals surface area (Å²) >= 11 is 1.41. The van der Waals surface area contributed by atoms with Gasteiger partial charge in [-0.2, -0.15) is 0 Å². The van der Waals surface area contributed by atoms with Crippen molar-refractivity contribution < 1.29 is 4.79 Å². The molecule has 3 aromatic rings. The first-order valence-corrected chi connectivity index (χ1v) is 11.9. The molecular formula is C24H29N5O2S. The van der Waals surface area contributed by atoms with Gasteiger partial charge < -0.3 is 15.6 Å². The number of nitrogens with two attached hydrogens (primary N) is 1. The van der Waals surface area contributed by atoms with Crippen LogP contribution < -0.4 is 16.6 Å². The summed E-state index contributed by atoms with van der Waals surface area (Å²) in [7, 11) is 0. The van der Waals surface area contributed by atoms with E-state index in [1.807, 2.05) is 34.5 Å². The number of nitrogens with zero attached hydrogens (tertiary/aromatic N) is 3. The third-order valence-corrected chi connectivity index (χ3v) is 6.58. The highest BCUT2D eigenvalue weighted by molar-refractivity contribution is 7.03. The summed E-state index contributed by atoms with van der Waals surface area (Å²) in [6, 6.07) is 5.85. The Morgan fingerprint density at radius 3 is 2.59 bits per heavy atom. The van der Waals surface area contributed by atoms with E-state index < -0.39 is 5.91 Å².